The molecule has 0 aromatic rings. The second-order valence-electron chi connectivity index (χ2n) is 4.83. The second-order valence-corrected chi connectivity index (χ2v) is 4.83. The molecule has 1 aliphatic rings. The van der Waals surface area contributed by atoms with Gasteiger partial charge in [0.15, 0.2) is 0 Å². The van der Waals surface area contributed by atoms with Crippen molar-refractivity contribution in [2.75, 3.05) is 20.3 Å². The summed E-state index contributed by atoms with van der Waals surface area (Å²) in [5.41, 5.74) is 0. The minimum absolute atomic E-state index is 0.307. The van der Waals surface area contributed by atoms with E-state index in [1.165, 1.54) is 38.2 Å². The zero-order chi connectivity index (χ0) is 12.5. The summed E-state index contributed by atoms with van der Waals surface area (Å²) in [5.74, 6) is 1.26. The van der Waals surface area contributed by atoms with Crippen molar-refractivity contribution in [1.82, 2.24) is 0 Å². The predicted molar refractivity (Wildman–Crippen MR) is 67.7 cm³/mol. The van der Waals surface area contributed by atoms with Crippen LogP contribution in [0.15, 0.2) is 12.7 Å². The van der Waals surface area contributed by atoms with E-state index < -0.39 is 0 Å². The lowest BCUT2D eigenvalue weighted by atomic mass is 9.79. The van der Waals surface area contributed by atoms with Gasteiger partial charge in [-0.1, -0.05) is 32.3 Å². The van der Waals surface area contributed by atoms with Crippen LogP contribution in [0.5, 0.6) is 0 Å². The van der Waals surface area contributed by atoms with E-state index in [9.17, 15) is 4.79 Å². The number of methoxy groups -OCH3 is 1. The van der Waals surface area contributed by atoms with E-state index in [1.807, 2.05) is 0 Å². The van der Waals surface area contributed by atoms with Crippen LogP contribution in [-0.2, 0) is 14.3 Å². The quantitative estimate of drug-likeness (QED) is 0.507. The first-order valence-corrected chi connectivity index (χ1v) is 6.54. The van der Waals surface area contributed by atoms with E-state index >= 15 is 0 Å². The molecular formula is C14H24O3. The molecule has 1 fully saturated rings. The van der Waals surface area contributed by atoms with E-state index in [0.717, 1.165) is 24.9 Å². The number of hydrogen-bond donors (Lipinski definition) is 0. The van der Waals surface area contributed by atoms with Crippen LogP contribution in [-0.4, -0.2) is 26.3 Å². The van der Waals surface area contributed by atoms with Crippen LogP contribution < -0.4 is 0 Å². The molecule has 0 radical (unpaired) electrons. The Balaban J connectivity index is 2.06. The average molecular weight is 240 g/mol. The molecule has 98 valence electrons. The first-order chi connectivity index (χ1) is 8.26. The lowest BCUT2D eigenvalue weighted by Gasteiger charge is -2.28. The molecule has 0 bridgehead atoms. The first kappa shape index (κ1) is 14.2. The van der Waals surface area contributed by atoms with E-state index in [-0.39, 0.29) is 5.97 Å². The van der Waals surface area contributed by atoms with Gasteiger partial charge in [0.25, 0.3) is 0 Å². The monoisotopic (exact) mass is 240 g/mol. The first-order valence-electron chi connectivity index (χ1n) is 6.54. The molecule has 0 N–H and O–H groups in total. The van der Waals surface area contributed by atoms with Crippen molar-refractivity contribution in [1.29, 1.82) is 0 Å². The molecule has 17 heavy (non-hydrogen) atoms. The maximum Gasteiger partial charge on any atom is 0.330 e. The topological polar surface area (TPSA) is 35.5 Å². The number of carbonyl (C=O) groups is 1. The Labute approximate surface area is 104 Å². The highest BCUT2D eigenvalue weighted by molar-refractivity contribution is 5.81. The molecular weight excluding hydrogens is 216 g/mol. The summed E-state index contributed by atoms with van der Waals surface area (Å²) < 4.78 is 10.1. The van der Waals surface area contributed by atoms with Crippen LogP contribution >= 0.6 is 0 Å². The lowest BCUT2D eigenvalue weighted by Crippen LogP contribution is -2.17. The largest absolute Gasteiger partial charge is 0.463 e. The fourth-order valence-electron chi connectivity index (χ4n) is 2.48. The van der Waals surface area contributed by atoms with Crippen LogP contribution in [0.25, 0.3) is 0 Å². The Morgan fingerprint density at radius 1 is 1.18 bits per heavy atom. The summed E-state index contributed by atoms with van der Waals surface area (Å²) in [6.45, 7) is 4.80. The van der Waals surface area contributed by atoms with Crippen molar-refractivity contribution >= 4 is 5.97 Å². The van der Waals surface area contributed by atoms with Crippen molar-refractivity contribution in [3.8, 4) is 0 Å². The zero-order valence-corrected chi connectivity index (χ0v) is 10.8. The van der Waals surface area contributed by atoms with E-state index in [2.05, 4.69) is 6.58 Å². The molecule has 0 saturated heterocycles. The highest BCUT2D eigenvalue weighted by Gasteiger charge is 2.20. The van der Waals surface area contributed by atoms with Gasteiger partial charge in [-0.25, -0.2) is 4.79 Å². The minimum Gasteiger partial charge on any atom is -0.463 e. The van der Waals surface area contributed by atoms with Crippen molar-refractivity contribution in [3.05, 3.63) is 12.7 Å². The lowest BCUT2D eigenvalue weighted by molar-refractivity contribution is -0.138. The smallest absolute Gasteiger partial charge is 0.330 e. The van der Waals surface area contributed by atoms with Crippen molar-refractivity contribution in [2.45, 2.75) is 38.5 Å². The Morgan fingerprint density at radius 3 is 2.18 bits per heavy atom. The van der Waals surface area contributed by atoms with Crippen molar-refractivity contribution in [3.63, 3.8) is 0 Å². The summed E-state index contributed by atoms with van der Waals surface area (Å²) in [4.78, 5) is 10.9. The third kappa shape index (κ3) is 5.87. The van der Waals surface area contributed by atoms with Gasteiger partial charge in [0.05, 0.1) is 6.61 Å². The van der Waals surface area contributed by atoms with Crippen LogP contribution in [0.1, 0.15) is 38.5 Å². The van der Waals surface area contributed by atoms with Crippen molar-refractivity contribution < 1.29 is 14.3 Å². The van der Waals surface area contributed by atoms with Crippen LogP contribution in [0.3, 0.4) is 0 Å². The minimum atomic E-state index is -0.307. The Bertz CT molecular complexity index is 230. The molecule has 0 unspecified atom stereocenters. The van der Waals surface area contributed by atoms with Gasteiger partial charge >= 0.3 is 5.97 Å². The number of carbonyl (C=O) groups excluding carboxylic acids is 1. The highest BCUT2D eigenvalue weighted by Crippen LogP contribution is 2.32. The maximum atomic E-state index is 10.9. The standard InChI is InChI=1S/C14H24O3/c1-3-14(15)17-11-9-13-6-4-12(5-7-13)8-10-16-2/h3,12-13H,1,4-11H2,2H3. The van der Waals surface area contributed by atoms with Gasteiger partial charge < -0.3 is 9.47 Å². The number of ether oxygens (including phenoxy) is 2. The third-order valence-electron chi connectivity index (χ3n) is 3.63. The fourth-order valence-corrected chi connectivity index (χ4v) is 2.48. The summed E-state index contributed by atoms with van der Waals surface area (Å²) in [5, 5.41) is 0. The van der Waals surface area contributed by atoms with Gasteiger partial charge in [0.2, 0.25) is 0 Å². The molecule has 1 saturated carbocycles. The SMILES string of the molecule is C=CC(=O)OCCC1CCC(CCOC)CC1. The molecule has 0 aromatic heterocycles. The van der Waals surface area contributed by atoms with Crippen LogP contribution in [0, 0.1) is 11.8 Å². The molecule has 3 nitrogen and oxygen atoms in total. The summed E-state index contributed by atoms with van der Waals surface area (Å²) in [6.07, 6.45) is 8.53. The summed E-state index contributed by atoms with van der Waals surface area (Å²) in [7, 11) is 1.76. The average Bonchev–Trinajstić information content (AvgIpc) is 2.37. The maximum absolute atomic E-state index is 10.9. The molecule has 0 heterocycles. The highest BCUT2D eigenvalue weighted by atomic mass is 16.5. The Kier molecular flexibility index (Phi) is 6.94. The Hall–Kier alpha value is -0.830. The summed E-state index contributed by atoms with van der Waals surface area (Å²) in [6, 6.07) is 0. The van der Waals surface area contributed by atoms with E-state index in [0.29, 0.717) is 6.61 Å². The van der Waals surface area contributed by atoms with Gasteiger partial charge in [-0.3, -0.25) is 0 Å². The van der Waals surface area contributed by atoms with Crippen LogP contribution in [0.2, 0.25) is 0 Å². The molecule has 0 aromatic carbocycles. The normalized spacial score (nSPS) is 24.3. The van der Waals surface area contributed by atoms with Gasteiger partial charge in [-0.15, -0.1) is 0 Å². The number of hydrogen-bond acceptors (Lipinski definition) is 3. The number of esters is 1. The molecule has 0 spiro atoms. The number of rotatable bonds is 7. The van der Waals surface area contributed by atoms with E-state index in [4.69, 9.17) is 9.47 Å². The molecule has 0 atom stereocenters. The molecule has 3 heteroatoms. The zero-order valence-electron chi connectivity index (χ0n) is 10.8. The summed E-state index contributed by atoms with van der Waals surface area (Å²) >= 11 is 0. The van der Waals surface area contributed by atoms with Crippen molar-refractivity contribution in [2.24, 2.45) is 11.8 Å². The van der Waals surface area contributed by atoms with Crippen LogP contribution in [0.4, 0.5) is 0 Å². The fraction of sp³-hybridized carbons (Fsp3) is 0.786. The predicted octanol–water partition coefficient (Wildman–Crippen LogP) is 2.95. The van der Waals surface area contributed by atoms with Gasteiger partial charge in [-0.05, 0) is 24.7 Å². The van der Waals surface area contributed by atoms with Gasteiger partial charge in [0.1, 0.15) is 0 Å². The second kappa shape index (κ2) is 8.29. The van der Waals surface area contributed by atoms with E-state index in [1.54, 1.807) is 7.11 Å². The Morgan fingerprint density at radius 2 is 1.71 bits per heavy atom. The third-order valence-corrected chi connectivity index (χ3v) is 3.63. The molecule has 1 aliphatic carbocycles. The van der Waals surface area contributed by atoms with Gasteiger partial charge in [0, 0.05) is 19.8 Å². The molecule has 0 amide bonds. The molecule has 0 aliphatic heterocycles. The van der Waals surface area contributed by atoms with Gasteiger partial charge in [-0.2, -0.15) is 0 Å². The molecule has 1 rings (SSSR count).